The first-order chi connectivity index (χ1) is 4.84. The van der Waals surface area contributed by atoms with E-state index in [0.29, 0.717) is 6.42 Å². The summed E-state index contributed by atoms with van der Waals surface area (Å²) in [5, 5.41) is 6.87. The Kier molecular flexibility index (Phi) is 2.10. The number of ketones is 1. The maximum absolute atomic E-state index is 10.8. The Morgan fingerprint density at radius 1 is 1.90 bits per heavy atom. The summed E-state index contributed by atoms with van der Waals surface area (Å²) in [6.07, 6.45) is 6.07. The molecular formula is C7H7N2O. The summed E-state index contributed by atoms with van der Waals surface area (Å²) in [4.78, 5) is 10.8. The van der Waals surface area contributed by atoms with E-state index in [4.69, 9.17) is 0 Å². The van der Waals surface area contributed by atoms with Crippen molar-refractivity contribution in [2.45, 2.75) is 6.42 Å². The topological polar surface area (TPSA) is 41.8 Å². The van der Waals surface area contributed by atoms with Crippen molar-refractivity contribution in [3.8, 4) is 0 Å². The highest BCUT2D eigenvalue weighted by molar-refractivity contribution is 6.32. The van der Waals surface area contributed by atoms with E-state index in [2.05, 4.69) is 23.0 Å². The van der Waals surface area contributed by atoms with Crippen LogP contribution in [-0.4, -0.2) is 18.2 Å². The fourth-order valence-electron chi connectivity index (χ4n) is 0.690. The van der Waals surface area contributed by atoms with Crippen molar-refractivity contribution >= 4 is 18.2 Å². The third-order valence-electron chi connectivity index (χ3n) is 1.22. The fourth-order valence-corrected chi connectivity index (χ4v) is 0.690. The molecule has 1 atom stereocenters. The van der Waals surface area contributed by atoms with E-state index in [9.17, 15) is 4.79 Å². The molecule has 0 aromatic rings. The van der Waals surface area contributed by atoms with E-state index in [1.165, 1.54) is 6.21 Å². The van der Waals surface area contributed by atoms with Crippen molar-refractivity contribution < 1.29 is 4.79 Å². The molecule has 1 rings (SSSR count). The summed E-state index contributed by atoms with van der Waals surface area (Å²) in [5.74, 6) is -0.301. The highest BCUT2D eigenvalue weighted by atomic mass is 16.1. The van der Waals surface area contributed by atoms with Crippen LogP contribution in [0, 0.1) is 5.92 Å². The minimum atomic E-state index is -0.185. The number of nitrogens with zero attached hydrogens (tertiary/aromatic N) is 2. The molecule has 1 radical (unpaired) electrons. The van der Waals surface area contributed by atoms with E-state index in [-0.39, 0.29) is 11.7 Å². The van der Waals surface area contributed by atoms with E-state index < -0.39 is 0 Å². The second kappa shape index (κ2) is 3.06. The van der Waals surface area contributed by atoms with Crippen LogP contribution in [0.1, 0.15) is 6.42 Å². The van der Waals surface area contributed by atoms with Gasteiger partial charge in [-0.25, -0.2) is 0 Å². The Morgan fingerprint density at radius 2 is 2.70 bits per heavy atom. The zero-order valence-corrected chi connectivity index (χ0v) is 5.45. The highest BCUT2D eigenvalue weighted by Crippen LogP contribution is 2.04. The molecule has 1 heterocycles. The van der Waals surface area contributed by atoms with Gasteiger partial charge in [0.2, 0.25) is 0 Å². The van der Waals surface area contributed by atoms with Crippen molar-refractivity contribution in [2.24, 2.45) is 16.1 Å². The number of allylic oxidation sites excluding steroid dienone is 1. The largest absolute Gasteiger partial charge is 0.292 e. The SMILES string of the molecule is C=CCC1C=NN=[C]C1=O. The quantitative estimate of drug-likeness (QED) is 0.514. The molecule has 0 aromatic carbocycles. The Bertz CT molecular complexity index is 206. The first-order valence-corrected chi connectivity index (χ1v) is 2.98. The standard InChI is InChI=1S/C7H7N2O/c1-2-3-6-4-8-9-5-7(6)10/h2,4,6H,1,3H2. The van der Waals surface area contributed by atoms with Crippen molar-refractivity contribution in [1.82, 2.24) is 0 Å². The molecule has 1 aliphatic rings. The normalized spacial score (nSPS) is 23.2. The molecule has 0 amide bonds. The van der Waals surface area contributed by atoms with Crippen molar-refractivity contribution in [1.29, 1.82) is 0 Å². The average molecular weight is 135 g/mol. The smallest absolute Gasteiger partial charge is 0.194 e. The Morgan fingerprint density at radius 3 is 3.30 bits per heavy atom. The molecule has 0 bridgehead atoms. The van der Waals surface area contributed by atoms with Gasteiger partial charge in [0.05, 0.1) is 5.92 Å². The van der Waals surface area contributed by atoms with Gasteiger partial charge < -0.3 is 0 Å². The van der Waals surface area contributed by atoms with Gasteiger partial charge in [-0.15, -0.1) is 11.7 Å². The Labute approximate surface area is 59.2 Å². The van der Waals surface area contributed by atoms with Gasteiger partial charge in [-0.3, -0.25) is 4.79 Å². The monoisotopic (exact) mass is 135 g/mol. The highest BCUT2D eigenvalue weighted by Gasteiger charge is 2.15. The van der Waals surface area contributed by atoms with E-state index in [1.807, 2.05) is 0 Å². The molecule has 10 heavy (non-hydrogen) atoms. The molecular weight excluding hydrogens is 128 g/mol. The lowest BCUT2D eigenvalue weighted by molar-refractivity contribution is -0.114. The van der Waals surface area contributed by atoms with Crippen LogP contribution in [0.25, 0.3) is 0 Å². The number of hydrogen-bond acceptors (Lipinski definition) is 3. The minimum Gasteiger partial charge on any atom is -0.292 e. The van der Waals surface area contributed by atoms with Gasteiger partial charge in [0, 0.05) is 6.21 Å². The van der Waals surface area contributed by atoms with Crippen LogP contribution in [0.4, 0.5) is 0 Å². The average Bonchev–Trinajstić information content (AvgIpc) is 1.94. The number of carbonyl (C=O) groups is 1. The van der Waals surface area contributed by atoms with Crippen LogP contribution >= 0.6 is 0 Å². The predicted molar refractivity (Wildman–Crippen MR) is 39.2 cm³/mol. The van der Waals surface area contributed by atoms with E-state index in [0.717, 1.165) is 0 Å². The van der Waals surface area contributed by atoms with Crippen LogP contribution in [-0.2, 0) is 4.79 Å². The second-order valence-electron chi connectivity index (χ2n) is 1.97. The van der Waals surface area contributed by atoms with Crippen LogP contribution in [0.2, 0.25) is 0 Å². The van der Waals surface area contributed by atoms with Crippen LogP contribution in [0.5, 0.6) is 0 Å². The molecule has 0 aromatic heterocycles. The number of hydrogen-bond donors (Lipinski definition) is 0. The molecule has 0 spiro atoms. The molecule has 0 aliphatic carbocycles. The lowest BCUT2D eigenvalue weighted by atomic mass is 10.0. The number of Topliss-reactive ketones (excluding diaryl/α,β-unsaturated/α-hetero) is 1. The summed E-state index contributed by atoms with van der Waals surface area (Å²) in [7, 11) is 0. The van der Waals surface area contributed by atoms with Crippen LogP contribution < -0.4 is 0 Å². The van der Waals surface area contributed by atoms with Crippen LogP contribution in [0.15, 0.2) is 22.9 Å². The molecule has 0 N–H and O–H groups in total. The summed E-state index contributed by atoms with van der Waals surface area (Å²) < 4.78 is 0. The van der Waals surface area contributed by atoms with E-state index >= 15 is 0 Å². The summed E-state index contributed by atoms with van der Waals surface area (Å²) >= 11 is 0. The molecule has 0 saturated heterocycles. The predicted octanol–water partition coefficient (Wildman–Crippen LogP) is 0.695. The molecule has 3 heteroatoms. The molecule has 3 nitrogen and oxygen atoms in total. The zero-order valence-electron chi connectivity index (χ0n) is 5.45. The summed E-state index contributed by atoms with van der Waals surface area (Å²) in [6.45, 7) is 3.52. The summed E-state index contributed by atoms with van der Waals surface area (Å²) in [5.41, 5.74) is 0. The Balaban J connectivity index is 2.60. The first kappa shape index (κ1) is 6.86. The Hall–Kier alpha value is -1.25. The van der Waals surface area contributed by atoms with Crippen molar-refractivity contribution in [2.75, 3.05) is 0 Å². The van der Waals surface area contributed by atoms with Crippen LogP contribution in [0.3, 0.4) is 0 Å². The number of carbonyl (C=O) groups excluding carboxylic acids is 1. The maximum atomic E-state index is 10.8. The van der Waals surface area contributed by atoms with Gasteiger partial charge in [-0.05, 0) is 6.42 Å². The lowest BCUT2D eigenvalue weighted by Crippen LogP contribution is -2.18. The van der Waals surface area contributed by atoms with E-state index in [1.54, 1.807) is 6.08 Å². The molecule has 0 saturated carbocycles. The van der Waals surface area contributed by atoms with Crippen molar-refractivity contribution in [3.05, 3.63) is 12.7 Å². The van der Waals surface area contributed by atoms with Gasteiger partial charge in [0.25, 0.3) is 0 Å². The van der Waals surface area contributed by atoms with Gasteiger partial charge in [-0.1, -0.05) is 6.08 Å². The first-order valence-electron chi connectivity index (χ1n) is 2.98. The fraction of sp³-hybridized carbons (Fsp3) is 0.286. The third kappa shape index (κ3) is 1.37. The minimum absolute atomic E-state index is 0.116. The molecule has 1 unspecified atom stereocenters. The number of rotatable bonds is 2. The van der Waals surface area contributed by atoms with Gasteiger partial charge in [-0.2, -0.15) is 5.10 Å². The molecule has 51 valence electrons. The zero-order chi connectivity index (χ0) is 7.40. The van der Waals surface area contributed by atoms with Crippen molar-refractivity contribution in [3.63, 3.8) is 0 Å². The lowest BCUT2D eigenvalue weighted by Gasteiger charge is -2.04. The van der Waals surface area contributed by atoms with Gasteiger partial charge >= 0.3 is 0 Å². The molecule has 1 aliphatic heterocycles. The molecule has 0 fully saturated rings. The van der Waals surface area contributed by atoms with Gasteiger partial charge in [0.1, 0.15) is 0 Å². The maximum Gasteiger partial charge on any atom is 0.194 e. The van der Waals surface area contributed by atoms with Gasteiger partial charge in [0.15, 0.2) is 12.0 Å². The second-order valence-corrected chi connectivity index (χ2v) is 1.97. The third-order valence-corrected chi connectivity index (χ3v) is 1.22. The summed E-state index contributed by atoms with van der Waals surface area (Å²) in [6, 6.07) is 0.